The lowest BCUT2D eigenvalue weighted by Crippen LogP contribution is -2.00. The molecule has 0 saturated heterocycles. The summed E-state index contributed by atoms with van der Waals surface area (Å²) >= 11 is 0.942. The molecule has 1 aromatic heterocycles. The van der Waals surface area contributed by atoms with Crippen LogP contribution in [0.4, 0.5) is 5.69 Å². The van der Waals surface area contributed by atoms with Crippen LogP contribution < -0.4 is 4.74 Å². The van der Waals surface area contributed by atoms with Crippen molar-refractivity contribution in [2.45, 2.75) is 5.16 Å². The van der Waals surface area contributed by atoms with Gasteiger partial charge in [-0.05, 0) is 6.07 Å². The number of hydrogen-bond acceptors (Lipinski definition) is 8. The predicted molar refractivity (Wildman–Crippen MR) is 78.7 cm³/mol. The van der Waals surface area contributed by atoms with Crippen LogP contribution in [0.15, 0.2) is 17.3 Å². The van der Waals surface area contributed by atoms with Crippen molar-refractivity contribution in [3.8, 4) is 22.9 Å². The average Bonchev–Trinajstić information content (AvgIpc) is 3.01. The molecule has 0 amide bonds. The number of nitrogens with zero attached hydrogens (tertiary/aromatic N) is 3. The smallest absolute Gasteiger partial charge is 0.362 e. The third-order valence-corrected chi connectivity index (χ3v) is 3.53. The topological polar surface area (TPSA) is 138 Å². The first-order valence-corrected chi connectivity index (χ1v) is 7.14. The number of aromatic hydroxyl groups is 1. The third-order valence-electron chi connectivity index (χ3n) is 2.70. The molecule has 1 heterocycles. The molecule has 0 spiro atoms. The molecule has 2 rings (SSSR count). The number of phenolic OH excluding ortho intramolecular Hbond substituents is 1. The van der Waals surface area contributed by atoms with Crippen LogP contribution in [0.2, 0.25) is 0 Å². The van der Waals surface area contributed by atoms with E-state index in [0.717, 1.165) is 18.9 Å². The summed E-state index contributed by atoms with van der Waals surface area (Å²) in [5.74, 6) is -1.22. The van der Waals surface area contributed by atoms with Crippen molar-refractivity contribution in [1.82, 2.24) is 15.2 Å². The molecule has 23 heavy (non-hydrogen) atoms. The number of phenols is 1. The number of carboxylic acid groups (broad SMARTS) is 1. The number of benzene rings is 1. The van der Waals surface area contributed by atoms with E-state index < -0.39 is 5.97 Å². The first-order chi connectivity index (χ1) is 11.0. The van der Waals surface area contributed by atoms with E-state index in [9.17, 15) is 14.8 Å². The van der Waals surface area contributed by atoms with Crippen molar-refractivity contribution in [3.05, 3.63) is 17.0 Å². The summed E-state index contributed by atoms with van der Waals surface area (Å²) < 4.78 is 5.01. The summed E-state index contributed by atoms with van der Waals surface area (Å²) in [5, 5.41) is 25.3. The molecule has 0 aliphatic rings. The average molecular weight is 341 g/mol. The molecule has 0 fully saturated rings. The summed E-state index contributed by atoms with van der Waals surface area (Å²) in [7, 11) is 2.49. The van der Waals surface area contributed by atoms with Crippen molar-refractivity contribution in [2.24, 2.45) is 0 Å². The number of carbonyl (C=O) groups is 1. The van der Waals surface area contributed by atoms with Crippen molar-refractivity contribution >= 4 is 23.4 Å². The fourth-order valence-corrected chi connectivity index (χ4v) is 2.21. The van der Waals surface area contributed by atoms with Crippen LogP contribution in [0.1, 0.15) is 0 Å². The number of aromatic amines is 1. The molecule has 0 saturated carbocycles. The number of methoxy groups -OCH3 is 1. The van der Waals surface area contributed by atoms with Gasteiger partial charge in [0.1, 0.15) is 0 Å². The maximum Gasteiger partial charge on any atom is 0.362 e. The van der Waals surface area contributed by atoms with Crippen LogP contribution in [0.25, 0.3) is 11.4 Å². The maximum absolute atomic E-state index is 11.6. The Labute approximate surface area is 134 Å². The SMILES string of the molecule is COc1cc(-c2nc(SCC(=O)O)n[nH]2)cc([N+](=O)OC)c1O. The van der Waals surface area contributed by atoms with Gasteiger partial charge in [0.05, 0.1) is 17.8 Å². The standard InChI is InChI=1S/C12H12N4O6S/c1-21-8-4-6(3-7(10(8)19)16(20)22-2)11-13-12(15-14-11)23-5-9(17)18/h3-4H,5H2,1-2H3,(H2-,13,14,15,17,18,19,20)/p+1. The number of ether oxygens (including phenoxy) is 1. The van der Waals surface area contributed by atoms with Crippen LogP contribution in [0.5, 0.6) is 11.5 Å². The second-order valence-electron chi connectivity index (χ2n) is 4.13. The lowest BCUT2D eigenvalue weighted by molar-refractivity contribution is -0.736. The van der Waals surface area contributed by atoms with E-state index >= 15 is 0 Å². The quantitative estimate of drug-likeness (QED) is 0.503. The second-order valence-corrected chi connectivity index (χ2v) is 5.08. The summed E-state index contributed by atoms with van der Waals surface area (Å²) in [6, 6.07) is 2.79. The predicted octanol–water partition coefficient (Wildman–Crippen LogP) is 1.33. The van der Waals surface area contributed by atoms with Gasteiger partial charge in [-0.3, -0.25) is 9.89 Å². The minimum atomic E-state index is -0.989. The minimum Gasteiger partial charge on any atom is -0.499 e. The largest absolute Gasteiger partial charge is 0.499 e. The molecule has 2 aromatic rings. The van der Waals surface area contributed by atoms with Gasteiger partial charge in [0.15, 0.2) is 18.7 Å². The second kappa shape index (κ2) is 6.96. The van der Waals surface area contributed by atoms with Gasteiger partial charge < -0.3 is 14.9 Å². The zero-order valence-corrected chi connectivity index (χ0v) is 13.0. The molecular weight excluding hydrogens is 328 g/mol. The van der Waals surface area contributed by atoms with E-state index in [1.54, 1.807) is 0 Å². The Bertz CT molecular complexity index is 747. The summed E-state index contributed by atoms with van der Waals surface area (Å²) in [6.45, 7) is 0. The highest BCUT2D eigenvalue weighted by Crippen LogP contribution is 2.39. The van der Waals surface area contributed by atoms with E-state index in [2.05, 4.69) is 20.0 Å². The monoisotopic (exact) mass is 341 g/mol. The number of hydrogen-bond donors (Lipinski definition) is 3. The first kappa shape index (κ1) is 16.5. The summed E-state index contributed by atoms with van der Waals surface area (Å²) in [6.07, 6.45) is 0. The van der Waals surface area contributed by atoms with Crippen molar-refractivity contribution in [2.75, 3.05) is 20.0 Å². The molecule has 0 bridgehead atoms. The fraction of sp³-hybridized carbons (Fsp3) is 0.250. The Balaban J connectivity index is 2.39. The van der Waals surface area contributed by atoms with Crippen LogP contribution >= 0.6 is 11.8 Å². The third kappa shape index (κ3) is 3.69. The van der Waals surface area contributed by atoms with Crippen LogP contribution in [-0.2, 0) is 9.63 Å². The highest BCUT2D eigenvalue weighted by molar-refractivity contribution is 7.99. The number of rotatable bonds is 7. The van der Waals surface area contributed by atoms with Gasteiger partial charge in [-0.2, -0.15) is 0 Å². The van der Waals surface area contributed by atoms with Crippen molar-refractivity contribution < 1.29 is 29.5 Å². The van der Waals surface area contributed by atoms with E-state index in [1.165, 1.54) is 19.2 Å². The van der Waals surface area contributed by atoms with Crippen molar-refractivity contribution in [1.29, 1.82) is 0 Å². The maximum atomic E-state index is 11.6. The Morgan fingerprint density at radius 2 is 2.17 bits per heavy atom. The fourth-order valence-electron chi connectivity index (χ4n) is 1.69. The van der Waals surface area contributed by atoms with Gasteiger partial charge in [-0.1, -0.05) is 11.8 Å². The number of nitrogens with one attached hydrogen (secondary N) is 1. The van der Waals surface area contributed by atoms with Crippen molar-refractivity contribution in [3.63, 3.8) is 0 Å². The number of H-pyrrole nitrogens is 1. The number of aliphatic carboxylic acids is 1. The zero-order chi connectivity index (χ0) is 17.0. The van der Waals surface area contributed by atoms with Gasteiger partial charge in [-0.15, -0.1) is 5.10 Å². The molecule has 0 unspecified atom stereocenters. The highest BCUT2D eigenvalue weighted by atomic mass is 32.2. The number of thioether (sulfide) groups is 1. The molecule has 1 aromatic carbocycles. The Morgan fingerprint density at radius 1 is 1.43 bits per heavy atom. The lowest BCUT2D eigenvalue weighted by Gasteiger charge is -2.04. The van der Waals surface area contributed by atoms with E-state index in [4.69, 9.17) is 9.84 Å². The number of carboxylic acids is 1. The molecule has 0 atom stereocenters. The molecule has 0 radical (unpaired) electrons. The summed E-state index contributed by atoms with van der Waals surface area (Å²) in [4.78, 5) is 30.9. The van der Waals surface area contributed by atoms with E-state index in [1.807, 2.05) is 0 Å². The Hall–Kier alpha value is -2.82. The highest BCUT2D eigenvalue weighted by Gasteiger charge is 2.27. The zero-order valence-electron chi connectivity index (χ0n) is 12.1. The van der Waals surface area contributed by atoms with Gasteiger partial charge in [0.2, 0.25) is 10.9 Å². The first-order valence-electron chi connectivity index (χ1n) is 6.16. The van der Waals surface area contributed by atoms with Gasteiger partial charge in [0, 0.05) is 11.6 Å². The normalized spacial score (nSPS) is 10.3. The molecule has 11 heteroatoms. The Morgan fingerprint density at radius 3 is 2.78 bits per heavy atom. The van der Waals surface area contributed by atoms with E-state index in [0.29, 0.717) is 5.56 Å². The molecular formula is C12H13N4O6S+. The lowest BCUT2D eigenvalue weighted by atomic mass is 10.1. The van der Waals surface area contributed by atoms with Gasteiger partial charge in [-0.25, -0.2) is 9.82 Å². The van der Waals surface area contributed by atoms with Crippen LogP contribution in [0, 0.1) is 4.91 Å². The molecule has 3 N–H and O–H groups in total. The molecule has 0 aliphatic carbocycles. The van der Waals surface area contributed by atoms with Crippen LogP contribution in [0.3, 0.4) is 0 Å². The number of aromatic nitrogens is 3. The molecule has 122 valence electrons. The van der Waals surface area contributed by atoms with Gasteiger partial charge >= 0.3 is 11.7 Å². The minimum absolute atomic E-state index is 0.0477. The molecule has 10 nitrogen and oxygen atoms in total. The molecule has 0 aliphatic heterocycles. The Kier molecular flexibility index (Phi) is 5.01. The van der Waals surface area contributed by atoms with Gasteiger partial charge in [0.25, 0.3) is 4.92 Å². The van der Waals surface area contributed by atoms with Crippen LogP contribution in [-0.4, -0.2) is 56.3 Å². The summed E-state index contributed by atoms with van der Waals surface area (Å²) in [5.41, 5.74) is 0.236. The van der Waals surface area contributed by atoms with E-state index in [-0.39, 0.29) is 38.8 Å².